The molecule has 0 aromatic heterocycles. The van der Waals surface area contributed by atoms with Gasteiger partial charge in [0.25, 0.3) is 0 Å². The van der Waals surface area contributed by atoms with Crippen molar-refractivity contribution < 1.29 is 37.2 Å². The third kappa shape index (κ3) is 20.9. The van der Waals surface area contributed by atoms with E-state index in [1.807, 2.05) is 13.0 Å². The Bertz CT molecular complexity index is 2630. The van der Waals surface area contributed by atoms with E-state index >= 15 is 0 Å². The largest absolute Gasteiger partial charge is 0.534 e. The molecule has 0 spiro atoms. The third-order valence-electron chi connectivity index (χ3n) is 8.88. The summed E-state index contributed by atoms with van der Waals surface area (Å²) in [6.45, 7) is 6.38. The summed E-state index contributed by atoms with van der Waals surface area (Å²) in [6, 6.07) is 14.9. The molecule has 0 saturated carbocycles. The molecule has 0 aliphatic rings. The van der Waals surface area contributed by atoms with Gasteiger partial charge in [-0.05, 0) is 184 Å². The topological polar surface area (TPSA) is 43.4 Å². The van der Waals surface area contributed by atoms with Crippen LogP contribution in [-0.2, 0) is 10.1 Å². The molecule has 0 unspecified atom stereocenters. The normalized spacial score (nSPS) is 10.1. The van der Waals surface area contributed by atoms with Crippen LogP contribution in [0.15, 0.2) is 66.4 Å². The third-order valence-corrected chi connectivity index (χ3v) is 12.6. The van der Waals surface area contributed by atoms with Gasteiger partial charge in [0.15, 0.2) is 5.75 Å². The molecule has 0 saturated heterocycles. The van der Waals surface area contributed by atoms with Crippen LogP contribution in [0.5, 0.6) is 5.75 Å². The first-order chi connectivity index (χ1) is 30.1. The minimum atomic E-state index is -5.70. The average Bonchev–Trinajstić information content (AvgIpc) is 3.23. The monoisotopic (exact) mass is 1140 g/mol. The van der Waals surface area contributed by atoms with Gasteiger partial charge in [0.05, 0.1) is 4.47 Å². The van der Waals surface area contributed by atoms with Crippen molar-refractivity contribution in [3.8, 4) is 89.6 Å². The van der Waals surface area contributed by atoms with Crippen molar-refractivity contribution in [1.29, 1.82) is 0 Å². The molecule has 0 aliphatic heterocycles. The first kappa shape index (κ1) is 54.9. The van der Waals surface area contributed by atoms with Crippen LogP contribution in [0.2, 0.25) is 0 Å². The van der Waals surface area contributed by atoms with Crippen molar-refractivity contribution in [2.45, 2.75) is 116 Å². The van der Waals surface area contributed by atoms with Gasteiger partial charge >= 0.3 is 15.6 Å². The van der Waals surface area contributed by atoms with E-state index in [9.17, 15) is 21.6 Å². The maximum atomic E-state index is 12.3. The Balaban J connectivity index is -0.000000184. The maximum Gasteiger partial charge on any atom is 0.534 e. The van der Waals surface area contributed by atoms with Crippen molar-refractivity contribution in [1.82, 2.24) is 0 Å². The van der Waals surface area contributed by atoms with Gasteiger partial charge in [-0.25, -0.2) is 0 Å². The summed E-state index contributed by atoms with van der Waals surface area (Å²) in [7, 11) is -5.70. The van der Waals surface area contributed by atoms with Crippen LogP contribution < -0.4 is 4.18 Å². The maximum absolute atomic E-state index is 12.3. The molecule has 0 atom stereocenters. The highest BCUT2D eigenvalue weighted by Gasteiger charge is 2.48. The van der Waals surface area contributed by atoms with E-state index in [1.165, 1.54) is 100.0 Å². The van der Waals surface area contributed by atoms with Crippen LogP contribution in [0, 0.1) is 90.8 Å². The molecule has 4 aromatic carbocycles. The van der Waals surface area contributed by atoms with E-state index in [-0.39, 0.29) is 15.9 Å². The zero-order valence-corrected chi connectivity index (χ0v) is 42.6. The highest BCUT2D eigenvalue weighted by molar-refractivity contribution is 9.11. The molecule has 0 bridgehead atoms. The van der Waals surface area contributed by atoms with Crippen LogP contribution in [0.1, 0.15) is 132 Å². The predicted octanol–water partition coefficient (Wildman–Crippen LogP) is 17.7. The van der Waals surface area contributed by atoms with Gasteiger partial charge in [-0.3, -0.25) is 0 Å². The second kappa shape index (κ2) is 30.0. The number of alkyl halides is 3. The van der Waals surface area contributed by atoms with Crippen molar-refractivity contribution in [2.24, 2.45) is 0 Å². The van der Waals surface area contributed by atoms with E-state index in [4.69, 9.17) is 12.8 Å². The fraction of sp³-hybridized carbons (Fsp3) is 0.346. The SMILES string of the molecule is C#CC#CC#CC#CC#C.CCCCCCCCC#Cc1cc2cc(Br)c(C#CCCCCCCCC)cc2cc1Br.Cc1cc2cc(Br)c(OS(=O)(=O)C(F)(F)F)cc2cc1Br.[HH].[HH].[HH].[HH].[HH].[HH].[HH].[HH]. The minimum Gasteiger partial charge on any atom is -0.375 e. The van der Waals surface area contributed by atoms with Gasteiger partial charge < -0.3 is 4.18 Å². The van der Waals surface area contributed by atoms with Crippen LogP contribution in [0.4, 0.5) is 13.2 Å². The summed E-state index contributed by atoms with van der Waals surface area (Å²) in [6.07, 6.45) is 27.3. The van der Waals surface area contributed by atoms with Crippen molar-refractivity contribution in [3.63, 3.8) is 0 Å². The Hall–Kier alpha value is -4.22. The van der Waals surface area contributed by atoms with Gasteiger partial charge in [0.1, 0.15) is 0 Å². The molecule has 3 nitrogen and oxygen atoms in total. The molecule has 0 amide bonds. The lowest BCUT2D eigenvalue weighted by Crippen LogP contribution is -2.28. The highest BCUT2D eigenvalue weighted by atomic mass is 79.9. The number of aryl methyl sites for hydroxylation is 1. The first-order valence-corrected chi connectivity index (χ1v) is 24.9. The van der Waals surface area contributed by atoms with E-state index in [0.717, 1.165) is 48.3 Å². The second-order valence-corrected chi connectivity index (χ2v) is 18.9. The first-order valence-electron chi connectivity index (χ1n) is 20.3. The van der Waals surface area contributed by atoms with Gasteiger partial charge in [-0.1, -0.05) is 124 Å². The second-order valence-electron chi connectivity index (χ2n) is 13.9. The molecule has 0 aliphatic carbocycles. The summed E-state index contributed by atoms with van der Waals surface area (Å²) < 4.78 is 66.3. The Kier molecular flexibility index (Phi) is 26.2. The lowest BCUT2D eigenvalue weighted by Gasteiger charge is -2.12. The van der Waals surface area contributed by atoms with E-state index in [0.29, 0.717) is 5.39 Å². The van der Waals surface area contributed by atoms with Gasteiger partial charge in [-0.15, -0.1) is 12.8 Å². The zero-order chi connectivity index (χ0) is 46.7. The number of hydrogen-bond acceptors (Lipinski definition) is 3. The summed E-state index contributed by atoms with van der Waals surface area (Å²) in [5.74, 6) is 31.4. The number of halogens is 7. The molecule has 4 rings (SSSR count). The number of fused-ring (bicyclic) bond motifs is 2. The van der Waals surface area contributed by atoms with Gasteiger partial charge in [-0.2, -0.15) is 21.6 Å². The molecule has 0 radical (unpaired) electrons. The summed E-state index contributed by atoms with van der Waals surface area (Å²) >= 11 is 13.8. The lowest BCUT2D eigenvalue weighted by atomic mass is 10.0. The Morgan fingerprint density at radius 1 is 0.556 bits per heavy atom. The number of terminal acetylenes is 2. The van der Waals surface area contributed by atoms with Crippen LogP contribution in [-0.4, -0.2) is 13.9 Å². The zero-order valence-electron chi connectivity index (χ0n) is 35.5. The summed E-state index contributed by atoms with van der Waals surface area (Å²) in [5.41, 5.74) is -2.41. The van der Waals surface area contributed by atoms with Crippen molar-refractivity contribution >= 4 is 95.4 Å². The molecule has 0 N–H and O–H groups in total. The predicted molar refractivity (Wildman–Crippen MR) is 287 cm³/mol. The molecular weight excluding hydrogens is 1080 g/mol. The van der Waals surface area contributed by atoms with Gasteiger partial charge in [0.2, 0.25) is 0 Å². The average molecular weight is 1140 g/mol. The fourth-order valence-electron chi connectivity index (χ4n) is 5.60. The lowest BCUT2D eigenvalue weighted by molar-refractivity contribution is -0.0500. The Morgan fingerprint density at radius 2 is 0.937 bits per heavy atom. The van der Waals surface area contributed by atoms with Crippen LogP contribution in [0.25, 0.3) is 21.5 Å². The number of hydrogen-bond donors (Lipinski definition) is 0. The molecule has 4 aromatic rings. The summed E-state index contributed by atoms with van der Waals surface area (Å²) in [4.78, 5) is 0. The van der Waals surface area contributed by atoms with Crippen LogP contribution >= 0.6 is 63.7 Å². The minimum absolute atomic E-state index is 0. The Morgan fingerprint density at radius 3 is 1.38 bits per heavy atom. The molecule has 0 heterocycles. The number of rotatable bonds is 14. The van der Waals surface area contributed by atoms with Gasteiger partial charge in [0, 0.05) is 48.8 Å². The molecular formula is C52H63Br4F3O3S. The van der Waals surface area contributed by atoms with Crippen molar-refractivity contribution in [2.75, 3.05) is 0 Å². The number of unbranched alkanes of at least 4 members (excludes halogenated alkanes) is 12. The fourth-order valence-corrected chi connectivity index (χ4v) is 7.90. The molecule has 63 heavy (non-hydrogen) atoms. The Labute approximate surface area is 418 Å². The highest BCUT2D eigenvalue weighted by Crippen LogP contribution is 2.36. The standard InChI is InChI=1S/C30H38Br2.C12H7Br2F3O3S.C10H2.8H2/c1-3-5-7-9-11-13-15-17-19-25-21-27-24-30(32)26(22-28(27)23-29(25)31)20-18-16-14-12-10-8-6-4-2;1-6-2-7-4-10(14)11(5-8(7)3-9(6)13)20-21(18,19)12(15,16)17;1-3-5-7-9-10-8-6-4-2;;;;;;;;/h21-24H,3-16H2,1-2H3;2-5H,1H3;1-2H;8*1H. The quantitative estimate of drug-likeness (QED) is 0.0547. The smallest absolute Gasteiger partial charge is 0.375 e. The molecule has 11 heteroatoms. The van der Waals surface area contributed by atoms with Crippen LogP contribution in [0.3, 0.4) is 0 Å². The number of benzene rings is 4. The molecule has 0 fully saturated rings. The van der Waals surface area contributed by atoms with Crippen molar-refractivity contribution in [3.05, 3.63) is 83.1 Å². The van der Waals surface area contributed by atoms with E-state index < -0.39 is 21.4 Å². The van der Waals surface area contributed by atoms with E-state index in [2.05, 4.69) is 177 Å². The molecule has 344 valence electrons. The van der Waals surface area contributed by atoms with E-state index in [1.54, 1.807) is 6.07 Å². The summed E-state index contributed by atoms with van der Waals surface area (Å²) in [5, 5.41) is 3.68.